The number of amides is 1. The van der Waals surface area contributed by atoms with Crippen LogP contribution in [-0.2, 0) is 0 Å². The van der Waals surface area contributed by atoms with Gasteiger partial charge in [0.25, 0.3) is 0 Å². The van der Waals surface area contributed by atoms with Gasteiger partial charge in [0, 0.05) is 23.2 Å². The molecule has 0 saturated carbocycles. The zero-order valence-corrected chi connectivity index (χ0v) is 15.3. The van der Waals surface area contributed by atoms with Crippen molar-refractivity contribution < 1.29 is 23.4 Å². The van der Waals surface area contributed by atoms with Crippen molar-refractivity contribution in [2.75, 3.05) is 11.9 Å². The van der Waals surface area contributed by atoms with E-state index >= 15 is 0 Å². The maximum Gasteiger partial charge on any atom is 0.410 e. The Morgan fingerprint density at radius 2 is 2.00 bits per heavy atom. The number of rotatable bonds is 7. The van der Waals surface area contributed by atoms with Gasteiger partial charge in [-0.1, -0.05) is 13.8 Å². The molecule has 2 rings (SSSR count). The molecule has 0 fully saturated rings. The van der Waals surface area contributed by atoms with Gasteiger partial charge in [0.1, 0.15) is 24.6 Å². The van der Waals surface area contributed by atoms with Crippen molar-refractivity contribution in [3.63, 3.8) is 0 Å². The van der Waals surface area contributed by atoms with Crippen LogP contribution in [0.2, 0.25) is 0 Å². The summed E-state index contributed by atoms with van der Waals surface area (Å²) < 4.78 is 34.2. The lowest BCUT2D eigenvalue weighted by atomic mass is 9.93. The molecule has 146 valence electrons. The van der Waals surface area contributed by atoms with Crippen LogP contribution in [-0.4, -0.2) is 33.3 Å². The minimum atomic E-state index is -1.33. The number of ether oxygens (including phenoxy) is 1. The monoisotopic (exact) mass is 380 g/mol. The smallest absolute Gasteiger partial charge is 0.410 e. The fraction of sp³-hybridized carbons (Fsp3) is 0.389. The van der Waals surface area contributed by atoms with Crippen molar-refractivity contribution in [2.45, 2.75) is 32.7 Å². The molecule has 9 heteroatoms. The number of carboxylic acid groups (broad SMARTS) is 1. The molecule has 4 N–H and O–H groups in total. The topological polar surface area (TPSA) is 110 Å². The summed E-state index contributed by atoms with van der Waals surface area (Å²) >= 11 is 0. The highest BCUT2D eigenvalue weighted by Gasteiger charge is 2.22. The Bertz CT molecular complexity index is 828. The minimum absolute atomic E-state index is 0.0279. The van der Waals surface area contributed by atoms with Gasteiger partial charge in [0.15, 0.2) is 11.6 Å². The van der Waals surface area contributed by atoms with Crippen LogP contribution in [0.3, 0.4) is 0 Å². The number of hydrogen-bond donors (Lipinski definition) is 3. The lowest BCUT2D eigenvalue weighted by Gasteiger charge is -2.26. The first-order valence-electron chi connectivity index (χ1n) is 8.30. The predicted molar refractivity (Wildman–Crippen MR) is 96.6 cm³/mol. The number of carbonyl (C=O) groups is 1. The molecule has 1 aromatic heterocycles. The fourth-order valence-electron chi connectivity index (χ4n) is 2.75. The van der Waals surface area contributed by atoms with Crippen LogP contribution in [0.15, 0.2) is 24.5 Å². The molecular weight excluding hydrogens is 358 g/mol. The summed E-state index contributed by atoms with van der Waals surface area (Å²) in [5.74, 6) is -1.53. The number of aromatic nitrogens is 2. The molecule has 0 aliphatic carbocycles. The van der Waals surface area contributed by atoms with Crippen LogP contribution in [0, 0.1) is 17.6 Å². The molecule has 1 heterocycles. The van der Waals surface area contributed by atoms with Crippen LogP contribution >= 0.6 is 0 Å². The third kappa shape index (κ3) is 5.85. The third-order valence-corrected chi connectivity index (χ3v) is 3.63. The molecule has 0 bridgehead atoms. The van der Waals surface area contributed by atoms with E-state index in [4.69, 9.17) is 15.6 Å². The van der Waals surface area contributed by atoms with Gasteiger partial charge in [-0.3, -0.25) is 5.32 Å². The number of nitrogens with one attached hydrogen (secondary N) is 1. The number of nitrogens with zero attached hydrogens (tertiary/aromatic N) is 2. The van der Waals surface area contributed by atoms with Crippen molar-refractivity contribution >= 4 is 11.9 Å². The number of hydrogen-bond acceptors (Lipinski definition) is 5. The summed E-state index contributed by atoms with van der Waals surface area (Å²) in [7, 11) is 0. The van der Waals surface area contributed by atoms with Gasteiger partial charge in [0.05, 0.1) is 5.69 Å². The summed E-state index contributed by atoms with van der Waals surface area (Å²) in [4.78, 5) is 18.2. The molecule has 2 aromatic rings. The molecule has 0 radical (unpaired) electrons. The summed E-state index contributed by atoms with van der Waals surface area (Å²) in [6, 6.07) is 3.06. The van der Waals surface area contributed by atoms with E-state index < -0.39 is 23.3 Å². The Labute approximate surface area is 155 Å². The first kappa shape index (κ1) is 20.5. The highest BCUT2D eigenvalue weighted by atomic mass is 19.1. The quantitative estimate of drug-likeness (QED) is 0.676. The predicted octanol–water partition coefficient (Wildman–Crippen LogP) is 3.65. The zero-order valence-electron chi connectivity index (χ0n) is 15.3. The van der Waals surface area contributed by atoms with Gasteiger partial charge in [0.2, 0.25) is 0 Å². The fourth-order valence-corrected chi connectivity index (χ4v) is 2.75. The van der Waals surface area contributed by atoms with E-state index in [-0.39, 0.29) is 29.4 Å². The minimum Gasteiger partial charge on any atom is -0.489 e. The number of benzene rings is 1. The molecule has 0 spiro atoms. The van der Waals surface area contributed by atoms with E-state index in [2.05, 4.69) is 9.97 Å². The molecule has 1 amide bonds. The van der Waals surface area contributed by atoms with E-state index in [1.807, 2.05) is 19.2 Å². The standard InChI is InChI=1S/C18H22F2N4O3/c1-10(2)7-18(3,21)8-27-15-5-12(19)11(4-13(15)20)14-6-16(23-9-22-14)24-17(25)26/h4-6,9-10H,7-8,21H2,1-3H3,(H,25,26)(H,22,23,24). The first-order valence-corrected chi connectivity index (χ1v) is 8.30. The second kappa shape index (κ2) is 8.26. The van der Waals surface area contributed by atoms with Gasteiger partial charge >= 0.3 is 6.09 Å². The van der Waals surface area contributed by atoms with Gasteiger partial charge in [-0.15, -0.1) is 0 Å². The Morgan fingerprint density at radius 1 is 1.30 bits per heavy atom. The van der Waals surface area contributed by atoms with E-state index in [9.17, 15) is 13.6 Å². The average molecular weight is 380 g/mol. The number of nitrogens with two attached hydrogens (primary N) is 1. The molecule has 0 aliphatic rings. The van der Waals surface area contributed by atoms with Crippen LogP contribution in [0.25, 0.3) is 11.3 Å². The van der Waals surface area contributed by atoms with E-state index in [1.54, 1.807) is 6.92 Å². The van der Waals surface area contributed by atoms with Crippen LogP contribution in [0.5, 0.6) is 5.75 Å². The molecule has 1 unspecified atom stereocenters. The van der Waals surface area contributed by atoms with Crippen LogP contribution in [0.1, 0.15) is 27.2 Å². The van der Waals surface area contributed by atoms with Crippen molar-refractivity contribution in [2.24, 2.45) is 11.7 Å². The van der Waals surface area contributed by atoms with Crippen molar-refractivity contribution in [3.8, 4) is 17.0 Å². The summed E-state index contributed by atoms with van der Waals surface area (Å²) in [6.07, 6.45) is 0.380. The summed E-state index contributed by atoms with van der Waals surface area (Å²) in [5, 5.41) is 10.7. The third-order valence-electron chi connectivity index (χ3n) is 3.63. The highest BCUT2D eigenvalue weighted by Crippen LogP contribution is 2.29. The lowest BCUT2D eigenvalue weighted by Crippen LogP contribution is -2.43. The summed E-state index contributed by atoms with van der Waals surface area (Å²) in [6.45, 7) is 5.83. The summed E-state index contributed by atoms with van der Waals surface area (Å²) in [5.41, 5.74) is 5.32. The van der Waals surface area contributed by atoms with Crippen LogP contribution < -0.4 is 15.8 Å². The van der Waals surface area contributed by atoms with Gasteiger partial charge in [-0.2, -0.15) is 0 Å². The van der Waals surface area contributed by atoms with Gasteiger partial charge in [-0.05, 0) is 25.3 Å². The Morgan fingerprint density at radius 3 is 2.63 bits per heavy atom. The first-order chi connectivity index (χ1) is 12.6. The lowest BCUT2D eigenvalue weighted by molar-refractivity contribution is 0.199. The zero-order chi connectivity index (χ0) is 20.2. The second-order valence-corrected chi connectivity index (χ2v) is 7.02. The van der Waals surface area contributed by atoms with E-state index in [1.165, 1.54) is 6.07 Å². The molecule has 0 saturated heterocycles. The average Bonchev–Trinajstić information content (AvgIpc) is 2.53. The molecule has 27 heavy (non-hydrogen) atoms. The number of halogens is 2. The molecule has 1 aromatic carbocycles. The SMILES string of the molecule is CC(C)CC(C)(N)COc1cc(F)c(-c2cc(NC(=O)O)ncn2)cc1F. The van der Waals surface area contributed by atoms with Crippen LogP contribution in [0.4, 0.5) is 19.4 Å². The van der Waals surface area contributed by atoms with E-state index in [0.717, 1.165) is 18.5 Å². The largest absolute Gasteiger partial charge is 0.489 e. The van der Waals surface area contributed by atoms with Crippen molar-refractivity contribution in [1.29, 1.82) is 0 Å². The second-order valence-electron chi connectivity index (χ2n) is 7.02. The molecule has 7 nitrogen and oxygen atoms in total. The van der Waals surface area contributed by atoms with Crippen molar-refractivity contribution in [1.82, 2.24) is 9.97 Å². The van der Waals surface area contributed by atoms with Gasteiger partial charge < -0.3 is 15.6 Å². The highest BCUT2D eigenvalue weighted by molar-refractivity contribution is 5.82. The van der Waals surface area contributed by atoms with Crippen molar-refractivity contribution in [3.05, 3.63) is 36.2 Å². The normalized spacial score (nSPS) is 13.3. The molecular formula is C18H22F2N4O3. The Hall–Kier alpha value is -2.81. The molecule has 1 atom stereocenters. The maximum atomic E-state index is 14.5. The molecule has 0 aliphatic heterocycles. The van der Waals surface area contributed by atoms with Gasteiger partial charge in [-0.25, -0.2) is 23.5 Å². The van der Waals surface area contributed by atoms with E-state index in [0.29, 0.717) is 12.3 Å². The number of anilines is 1. The Kier molecular flexibility index (Phi) is 6.27. The maximum absolute atomic E-state index is 14.5. The Balaban J connectivity index is 2.23.